The van der Waals surface area contributed by atoms with Crippen molar-refractivity contribution in [3.8, 4) is 11.5 Å². The number of hydrogen-bond acceptors (Lipinski definition) is 2. The second-order valence-corrected chi connectivity index (χ2v) is 5.21. The monoisotopic (exact) mass is 250 g/mol. The van der Waals surface area contributed by atoms with Crippen LogP contribution in [0.2, 0.25) is 0 Å². The molecule has 1 aliphatic rings. The van der Waals surface area contributed by atoms with Gasteiger partial charge in [-0.25, -0.2) is 0 Å². The lowest BCUT2D eigenvalue weighted by Gasteiger charge is -2.33. The number of rotatable bonds is 2. The third-order valence-corrected chi connectivity index (χ3v) is 3.70. The van der Waals surface area contributed by atoms with E-state index in [0.717, 1.165) is 11.5 Å². The van der Waals surface area contributed by atoms with Crippen molar-refractivity contribution < 1.29 is 9.47 Å². The Morgan fingerprint density at radius 1 is 1.06 bits per heavy atom. The first kappa shape index (κ1) is 14.9. The molecule has 18 heavy (non-hydrogen) atoms. The van der Waals surface area contributed by atoms with Gasteiger partial charge in [0, 0.05) is 5.56 Å². The van der Waals surface area contributed by atoms with Crippen LogP contribution in [0.3, 0.4) is 0 Å². The second kappa shape index (κ2) is 6.12. The molecule has 0 unspecified atom stereocenters. The van der Waals surface area contributed by atoms with Crippen LogP contribution in [-0.4, -0.2) is 13.2 Å². The molecule has 1 heterocycles. The Kier molecular flexibility index (Phi) is 5.06. The average Bonchev–Trinajstić information content (AvgIpc) is 2.40. The Morgan fingerprint density at radius 3 is 2.28 bits per heavy atom. The summed E-state index contributed by atoms with van der Waals surface area (Å²) in [6.45, 7) is 14.3. The normalized spacial score (nSPS) is 13.9. The Hall–Kier alpha value is -1.18. The highest BCUT2D eigenvalue weighted by atomic mass is 16.6. The molecule has 0 radical (unpaired) electrons. The summed E-state index contributed by atoms with van der Waals surface area (Å²) < 4.78 is 11.4. The third kappa shape index (κ3) is 2.80. The van der Waals surface area contributed by atoms with Crippen molar-refractivity contribution >= 4 is 0 Å². The summed E-state index contributed by atoms with van der Waals surface area (Å²) in [6.07, 6.45) is 0. The molecule has 2 nitrogen and oxygen atoms in total. The first-order chi connectivity index (χ1) is 8.53. The van der Waals surface area contributed by atoms with E-state index in [9.17, 15) is 0 Å². The van der Waals surface area contributed by atoms with Gasteiger partial charge in [-0.15, -0.1) is 0 Å². The second-order valence-electron chi connectivity index (χ2n) is 5.21. The molecule has 0 N–H and O–H groups in total. The number of fused-ring (bicyclic) bond motifs is 1. The predicted octanol–water partition coefficient (Wildman–Crippen LogP) is 4.42. The van der Waals surface area contributed by atoms with Crippen LogP contribution in [-0.2, 0) is 5.41 Å². The molecule has 1 aromatic rings. The quantitative estimate of drug-likeness (QED) is 0.773. The van der Waals surface area contributed by atoms with Gasteiger partial charge in [-0.3, -0.25) is 0 Å². The van der Waals surface area contributed by atoms with E-state index in [2.05, 4.69) is 33.8 Å². The van der Waals surface area contributed by atoms with Crippen LogP contribution >= 0.6 is 0 Å². The molecular formula is C16H26O2. The molecule has 0 spiro atoms. The van der Waals surface area contributed by atoms with Crippen molar-refractivity contribution in [1.29, 1.82) is 0 Å². The smallest absolute Gasteiger partial charge is 0.165 e. The molecule has 0 atom stereocenters. The van der Waals surface area contributed by atoms with Gasteiger partial charge in [0.1, 0.15) is 13.2 Å². The molecule has 0 amide bonds. The molecule has 2 heteroatoms. The van der Waals surface area contributed by atoms with Crippen LogP contribution in [0.25, 0.3) is 0 Å². The maximum absolute atomic E-state index is 5.77. The Balaban J connectivity index is 0.000000771. The molecular weight excluding hydrogens is 224 g/mol. The zero-order valence-corrected chi connectivity index (χ0v) is 12.5. The SMILES string of the molecule is CC.CC(C)C(C)(C)c1cccc2c1OCCO2. The van der Waals surface area contributed by atoms with E-state index in [1.807, 2.05) is 26.0 Å². The van der Waals surface area contributed by atoms with Crippen LogP contribution in [0.1, 0.15) is 47.1 Å². The molecule has 0 aliphatic carbocycles. The Bertz CT molecular complexity index is 381. The summed E-state index contributed by atoms with van der Waals surface area (Å²) in [5, 5.41) is 0. The van der Waals surface area contributed by atoms with E-state index in [1.54, 1.807) is 0 Å². The summed E-state index contributed by atoms with van der Waals surface area (Å²) in [7, 11) is 0. The van der Waals surface area contributed by atoms with Crippen LogP contribution in [0.5, 0.6) is 11.5 Å². The standard InChI is InChI=1S/C14H20O2.C2H6/c1-10(2)14(3,4)11-6-5-7-12-13(11)16-9-8-15-12;1-2/h5-7,10H,8-9H2,1-4H3;1-2H3. The van der Waals surface area contributed by atoms with Crippen LogP contribution in [0, 0.1) is 5.92 Å². The first-order valence-electron chi connectivity index (χ1n) is 6.92. The number of hydrogen-bond donors (Lipinski definition) is 0. The van der Waals surface area contributed by atoms with Gasteiger partial charge in [0.15, 0.2) is 11.5 Å². The molecule has 2 rings (SSSR count). The molecule has 1 aliphatic heterocycles. The summed E-state index contributed by atoms with van der Waals surface area (Å²) in [4.78, 5) is 0. The van der Waals surface area contributed by atoms with E-state index in [-0.39, 0.29) is 5.41 Å². The fourth-order valence-electron chi connectivity index (χ4n) is 1.89. The van der Waals surface area contributed by atoms with Gasteiger partial charge < -0.3 is 9.47 Å². The minimum absolute atomic E-state index is 0.103. The Labute approximate surface area is 111 Å². The zero-order valence-electron chi connectivity index (χ0n) is 12.5. The highest BCUT2D eigenvalue weighted by Crippen LogP contribution is 2.43. The number of para-hydroxylation sites is 1. The van der Waals surface area contributed by atoms with Crippen LogP contribution in [0.15, 0.2) is 18.2 Å². The zero-order chi connectivity index (χ0) is 13.8. The van der Waals surface area contributed by atoms with Crippen molar-refractivity contribution in [3.63, 3.8) is 0 Å². The summed E-state index contributed by atoms with van der Waals surface area (Å²) in [5.41, 5.74) is 1.35. The van der Waals surface area contributed by atoms with E-state index < -0.39 is 0 Å². The molecule has 0 bridgehead atoms. The number of benzene rings is 1. The van der Waals surface area contributed by atoms with Crippen molar-refractivity contribution in [2.24, 2.45) is 5.92 Å². The molecule has 1 aromatic carbocycles. The minimum atomic E-state index is 0.103. The van der Waals surface area contributed by atoms with Crippen LogP contribution in [0.4, 0.5) is 0 Å². The van der Waals surface area contributed by atoms with Gasteiger partial charge in [-0.1, -0.05) is 53.7 Å². The summed E-state index contributed by atoms with van der Waals surface area (Å²) in [6, 6.07) is 6.18. The van der Waals surface area contributed by atoms with Gasteiger partial charge in [0.25, 0.3) is 0 Å². The lowest BCUT2D eigenvalue weighted by atomic mass is 9.74. The lowest BCUT2D eigenvalue weighted by Crippen LogP contribution is -2.27. The molecule has 0 saturated heterocycles. The van der Waals surface area contributed by atoms with Crippen molar-refractivity contribution in [1.82, 2.24) is 0 Å². The van der Waals surface area contributed by atoms with E-state index in [4.69, 9.17) is 9.47 Å². The average molecular weight is 250 g/mol. The van der Waals surface area contributed by atoms with Crippen molar-refractivity contribution in [2.45, 2.75) is 47.0 Å². The van der Waals surface area contributed by atoms with Crippen molar-refractivity contribution in [3.05, 3.63) is 23.8 Å². The van der Waals surface area contributed by atoms with E-state index in [1.165, 1.54) is 5.56 Å². The van der Waals surface area contributed by atoms with E-state index in [0.29, 0.717) is 19.1 Å². The first-order valence-corrected chi connectivity index (χ1v) is 6.92. The molecule has 0 aromatic heterocycles. The topological polar surface area (TPSA) is 18.5 Å². The summed E-state index contributed by atoms with van der Waals surface area (Å²) >= 11 is 0. The largest absolute Gasteiger partial charge is 0.486 e. The maximum atomic E-state index is 5.77. The van der Waals surface area contributed by atoms with E-state index >= 15 is 0 Å². The minimum Gasteiger partial charge on any atom is -0.486 e. The van der Waals surface area contributed by atoms with Gasteiger partial charge in [0.2, 0.25) is 0 Å². The lowest BCUT2D eigenvalue weighted by molar-refractivity contribution is 0.165. The maximum Gasteiger partial charge on any atom is 0.165 e. The van der Waals surface area contributed by atoms with Gasteiger partial charge >= 0.3 is 0 Å². The molecule has 102 valence electrons. The summed E-state index contributed by atoms with van der Waals surface area (Å²) in [5.74, 6) is 2.38. The van der Waals surface area contributed by atoms with Gasteiger partial charge in [-0.2, -0.15) is 0 Å². The van der Waals surface area contributed by atoms with Gasteiger partial charge in [0.05, 0.1) is 0 Å². The highest BCUT2D eigenvalue weighted by Gasteiger charge is 2.30. The van der Waals surface area contributed by atoms with Gasteiger partial charge in [-0.05, 0) is 17.4 Å². The van der Waals surface area contributed by atoms with Crippen LogP contribution < -0.4 is 9.47 Å². The predicted molar refractivity (Wildman–Crippen MR) is 76.6 cm³/mol. The molecule has 0 fully saturated rings. The fourth-order valence-corrected chi connectivity index (χ4v) is 1.89. The highest BCUT2D eigenvalue weighted by molar-refractivity contribution is 5.50. The molecule has 0 saturated carbocycles. The number of ether oxygens (including phenoxy) is 2. The third-order valence-electron chi connectivity index (χ3n) is 3.70. The Morgan fingerprint density at radius 2 is 1.67 bits per heavy atom. The van der Waals surface area contributed by atoms with Crippen molar-refractivity contribution in [2.75, 3.05) is 13.2 Å². The fraction of sp³-hybridized carbons (Fsp3) is 0.625.